The summed E-state index contributed by atoms with van der Waals surface area (Å²) in [4.78, 5) is 12.1. The second kappa shape index (κ2) is 7.94. The Balaban J connectivity index is 2.75. The zero-order valence-electron chi connectivity index (χ0n) is 11.8. The highest BCUT2D eigenvalue weighted by molar-refractivity contribution is 7.84. The van der Waals surface area contributed by atoms with Gasteiger partial charge in [0, 0.05) is 41.6 Å². The number of rotatable bonds is 7. The first-order valence-electron chi connectivity index (χ1n) is 6.47. The van der Waals surface area contributed by atoms with E-state index >= 15 is 0 Å². The average molecular weight is 282 g/mol. The zero-order chi connectivity index (χ0) is 14.3. The van der Waals surface area contributed by atoms with Crippen LogP contribution in [0.15, 0.2) is 18.2 Å². The highest BCUT2D eigenvalue weighted by Crippen LogP contribution is 2.17. The van der Waals surface area contributed by atoms with Gasteiger partial charge in [0.2, 0.25) is 0 Å². The molecule has 1 unspecified atom stereocenters. The average Bonchev–Trinajstić information content (AvgIpc) is 2.36. The van der Waals surface area contributed by atoms with Crippen molar-refractivity contribution in [1.29, 1.82) is 0 Å². The van der Waals surface area contributed by atoms with Gasteiger partial charge in [-0.05, 0) is 25.5 Å². The summed E-state index contributed by atoms with van der Waals surface area (Å²) in [7, 11) is -0.883. The lowest BCUT2D eigenvalue weighted by Gasteiger charge is -2.12. The maximum atomic E-state index is 12.1. The van der Waals surface area contributed by atoms with Gasteiger partial charge in [0.1, 0.15) is 0 Å². The van der Waals surface area contributed by atoms with Crippen LogP contribution in [-0.2, 0) is 10.8 Å². The van der Waals surface area contributed by atoms with Crippen molar-refractivity contribution in [3.8, 4) is 0 Å². The molecule has 1 amide bonds. The smallest absolute Gasteiger partial charge is 0.253 e. The van der Waals surface area contributed by atoms with Crippen LogP contribution in [0.1, 0.15) is 29.3 Å². The van der Waals surface area contributed by atoms with E-state index < -0.39 is 10.8 Å². The van der Waals surface area contributed by atoms with E-state index in [-0.39, 0.29) is 5.91 Å². The summed E-state index contributed by atoms with van der Waals surface area (Å²) in [5.41, 5.74) is 2.55. The van der Waals surface area contributed by atoms with Crippen LogP contribution in [0, 0.1) is 6.92 Å². The summed E-state index contributed by atoms with van der Waals surface area (Å²) in [6, 6.07) is 5.78. The molecule has 1 atom stereocenters. The first-order chi connectivity index (χ1) is 9.04. The summed E-state index contributed by atoms with van der Waals surface area (Å²) in [5, 5.41) is 6.05. The van der Waals surface area contributed by atoms with Gasteiger partial charge in [0.05, 0.1) is 5.56 Å². The monoisotopic (exact) mass is 282 g/mol. The number of carbonyl (C=O) groups excluding carboxylic acids is 1. The second-order valence-electron chi connectivity index (χ2n) is 4.51. The molecule has 2 N–H and O–H groups in total. The Labute approximate surface area is 117 Å². The standard InChI is InChI=1S/C14H22N2O2S/c1-4-7-15-13-6-5-11(2)10-12(13)14(17)16-8-9-19(3)18/h5-6,10,15H,4,7-9H2,1-3H3,(H,16,17). The number of hydrogen-bond donors (Lipinski definition) is 2. The molecule has 0 radical (unpaired) electrons. The van der Waals surface area contributed by atoms with Crippen LogP contribution >= 0.6 is 0 Å². The summed E-state index contributed by atoms with van der Waals surface area (Å²) in [6.07, 6.45) is 2.64. The molecule has 0 saturated carbocycles. The van der Waals surface area contributed by atoms with Crippen molar-refractivity contribution in [3.05, 3.63) is 29.3 Å². The molecule has 0 bridgehead atoms. The number of hydrogen-bond acceptors (Lipinski definition) is 3. The summed E-state index contributed by atoms with van der Waals surface area (Å²) in [5.74, 6) is 0.364. The van der Waals surface area contributed by atoms with Gasteiger partial charge in [0.25, 0.3) is 5.91 Å². The first kappa shape index (κ1) is 15.7. The number of carbonyl (C=O) groups is 1. The van der Waals surface area contributed by atoms with Crippen molar-refractivity contribution in [2.45, 2.75) is 20.3 Å². The highest BCUT2D eigenvalue weighted by Gasteiger charge is 2.11. The molecule has 0 saturated heterocycles. The van der Waals surface area contributed by atoms with Gasteiger partial charge in [-0.25, -0.2) is 0 Å². The molecule has 0 aliphatic carbocycles. The molecular weight excluding hydrogens is 260 g/mol. The van der Waals surface area contributed by atoms with E-state index in [9.17, 15) is 9.00 Å². The second-order valence-corrected chi connectivity index (χ2v) is 6.06. The molecule has 0 heterocycles. The van der Waals surface area contributed by atoms with E-state index in [2.05, 4.69) is 17.6 Å². The summed E-state index contributed by atoms with van der Waals surface area (Å²) >= 11 is 0. The fourth-order valence-electron chi connectivity index (χ4n) is 1.66. The first-order valence-corrected chi connectivity index (χ1v) is 8.20. The number of nitrogens with one attached hydrogen (secondary N) is 2. The van der Waals surface area contributed by atoms with E-state index in [1.807, 2.05) is 25.1 Å². The Morgan fingerprint density at radius 2 is 2.05 bits per heavy atom. The van der Waals surface area contributed by atoms with Crippen LogP contribution in [0.25, 0.3) is 0 Å². The molecule has 1 aromatic rings. The topological polar surface area (TPSA) is 58.2 Å². The number of anilines is 1. The van der Waals surface area contributed by atoms with Gasteiger partial charge in [-0.1, -0.05) is 18.6 Å². The van der Waals surface area contributed by atoms with Gasteiger partial charge in [0.15, 0.2) is 0 Å². The molecule has 0 fully saturated rings. The predicted molar refractivity (Wildman–Crippen MR) is 81.2 cm³/mol. The minimum absolute atomic E-state index is 0.118. The van der Waals surface area contributed by atoms with Crippen molar-refractivity contribution in [3.63, 3.8) is 0 Å². The molecule has 0 spiro atoms. The fraction of sp³-hybridized carbons (Fsp3) is 0.500. The van der Waals surface area contributed by atoms with Gasteiger partial charge in [-0.2, -0.15) is 0 Å². The van der Waals surface area contributed by atoms with E-state index in [0.29, 0.717) is 17.9 Å². The summed E-state index contributed by atoms with van der Waals surface area (Å²) in [6.45, 7) is 5.31. The molecule has 0 aromatic heterocycles. The van der Waals surface area contributed by atoms with Crippen LogP contribution in [-0.4, -0.2) is 35.2 Å². The fourth-order valence-corrected chi connectivity index (χ4v) is 2.05. The summed E-state index contributed by atoms with van der Waals surface area (Å²) < 4.78 is 11.0. The molecule has 1 aromatic carbocycles. The highest BCUT2D eigenvalue weighted by atomic mass is 32.2. The SMILES string of the molecule is CCCNc1ccc(C)cc1C(=O)NCCS(C)=O. The normalized spacial score (nSPS) is 11.9. The predicted octanol–water partition coefficient (Wildman–Crippen LogP) is 1.93. The van der Waals surface area contributed by atoms with E-state index in [4.69, 9.17) is 0 Å². The Bertz CT molecular complexity index is 461. The maximum Gasteiger partial charge on any atom is 0.253 e. The number of amides is 1. The van der Waals surface area contributed by atoms with Crippen molar-refractivity contribution in [1.82, 2.24) is 5.32 Å². The van der Waals surface area contributed by atoms with Gasteiger partial charge < -0.3 is 10.6 Å². The Morgan fingerprint density at radius 3 is 2.68 bits per heavy atom. The van der Waals surface area contributed by atoms with Gasteiger partial charge >= 0.3 is 0 Å². The quantitative estimate of drug-likeness (QED) is 0.803. The third-order valence-electron chi connectivity index (χ3n) is 2.66. The molecule has 1 rings (SSSR count). The van der Waals surface area contributed by atoms with Crippen LogP contribution in [0.5, 0.6) is 0 Å². The van der Waals surface area contributed by atoms with E-state index in [0.717, 1.165) is 24.2 Å². The Morgan fingerprint density at radius 1 is 1.32 bits per heavy atom. The van der Waals surface area contributed by atoms with Crippen LogP contribution in [0.4, 0.5) is 5.69 Å². The minimum atomic E-state index is -0.883. The number of aryl methyl sites for hydroxylation is 1. The van der Waals surface area contributed by atoms with Crippen LogP contribution < -0.4 is 10.6 Å². The Hall–Kier alpha value is -1.36. The van der Waals surface area contributed by atoms with Crippen molar-refractivity contribution >= 4 is 22.4 Å². The van der Waals surface area contributed by atoms with Crippen molar-refractivity contribution in [2.75, 3.05) is 30.4 Å². The van der Waals surface area contributed by atoms with Gasteiger partial charge in [-0.15, -0.1) is 0 Å². The lowest BCUT2D eigenvalue weighted by Crippen LogP contribution is -2.28. The van der Waals surface area contributed by atoms with Crippen molar-refractivity contribution < 1.29 is 9.00 Å². The third kappa shape index (κ3) is 5.42. The van der Waals surface area contributed by atoms with Gasteiger partial charge in [-0.3, -0.25) is 9.00 Å². The molecule has 0 aliphatic rings. The molecule has 0 aliphatic heterocycles. The molecule has 106 valence electrons. The molecular formula is C14H22N2O2S. The van der Waals surface area contributed by atoms with E-state index in [1.54, 1.807) is 6.26 Å². The Kier molecular flexibility index (Phi) is 6.56. The lowest BCUT2D eigenvalue weighted by atomic mass is 10.1. The molecule has 4 nitrogen and oxygen atoms in total. The third-order valence-corrected chi connectivity index (χ3v) is 3.44. The van der Waals surface area contributed by atoms with E-state index in [1.165, 1.54) is 0 Å². The van der Waals surface area contributed by atoms with Crippen molar-refractivity contribution in [2.24, 2.45) is 0 Å². The van der Waals surface area contributed by atoms with Crippen LogP contribution in [0.2, 0.25) is 0 Å². The largest absolute Gasteiger partial charge is 0.384 e. The zero-order valence-corrected chi connectivity index (χ0v) is 12.6. The van der Waals surface area contributed by atoms with Crippen LogP contribution in [0.3, 0.4) is 0 Å². The maximum absolute atomic E-state index is 12.1. The minimum Gasteiger partial charge on any atom is -0.384 e. The molecule has 5 heteroatoms. The number of benzene rings is 1. The molecule has 19 heavy (non-hydrogen) atoms. The lowest BCUT2D eigenvalue weighted by molar-refractivity contribution is 0.0957.